The Balaban J connectivity index is 0.000000248. The van der Waals surface area contributed by atoms with E-state index in [-0.39, 0.29) is 10.8 Å². The second-order valence-electron chi connectivity index (χ2n) is 10.9. The van der Waals surface area contributed by atoms with Crippen molar-refractivity contribution in [2.75, 3.05) is 0 Å². The van der Waals surface area contributed by atoms with Crippen LogP contribution in [0.5, 0.6) is 0 Å². The van der Waals surface area contributed by atoms with Gasteiger partial charge in [-0.2, -0.15) is 0 Å². The minimum atomic E-state index is 0.260. The molecule has 0 aliphatic heterocycles. The van der Waals surface area contributed by atoms with Gasteiger partial charge >= 0.3 is 0 Å². The highest BCUT2D eigenvalue weighted by Crippen LogP contribution is 2.26. The van der Waals surface area contributed by atoms with Crippen LogP contribution in [-0.4, -0.2) is 4.98 Å². The predicted octanol–water partition coefficient (Wildman–Crippen LogP) is 10.3. The second-order valence-corrected chi connectivity index (χ2v) is 13.8. The van der Waals surface area contributed by atoms with Crippen LogP contribution in [0.25, 0.3) is 0 Å². The van der Waals surface area contributed by atoms with Crippen molar-refractivity contribution in [1.29, 1.82) is 0 Å². The van der Waals surface area contributed by atoms with E-state index in [1.165, 1.54) is 25.8 Å². The molecule has 0 spiro atoms. The maximum Gasteiger partial charge on any atom is 0.101 e. The molecule has 0 bridgehead atoms. The van der Waals surface area contributed by atoms with Crippen molar-refractivity contribution in [3.63, 3.8) is 0 Å². The fraction of sp³-hybridized carbons (Fsp3) is 0.452. The van der Waals surface area contributed by atoms with Gasteiger partial charge in [-0.25, -0.2) is 4.98 Å². The van der Waals surface area contributed by atoms with Gasteiger partial charge < -0.3 is 4.42 Å². The Kier molecular flexibility index (Phi) is 12.2. The van der Waals surface area contributed by atoms with Crippen LogP contribution in [0.4, 0.5) is 0 Å². The number of nitrogens with zero attached hydrogens (tertiary/aromatic N) is 1. The molecule has 3 aromatic heterocycles. The van der Waals surface area contributed by atoms with Crippen LogP contribution in [0.15, 0.2) is 59.1 Å². The van der Waals surface area contributed by atoms with Gasteiger partial charge in [0, 0.05) is 20.8 Å². The van der Waals surface area contributed by atoms with Crippen LogP contribution < -0.4 is 0 Å². The molecule has 4 heteroatoms. The van der Waals surface area contributed by atoms with Crippen molar-refractivity contribution in [2.24, 2.45) is 0 Å². The largest absolute Gasteiger partial charge is 0.467 e. The first kappa shape index (κ1) is 30.9. The van der Waals surface area contributed by atoms with Gasteiger partial charge in [-0.3, -0.25) is 0 Å². The summed E-state index contributed by atoms with van der Waals surface area (Å²) < 4.78 is 5.08. The summed E-state index contributed by atoms with van der Waals surface area (Å²) in [5, 5.41) is 1.15. The zero-order valence-electron chi connectivity index (χ0n) is 23.9. The van der Waals surface area contributed by atoms with Crippen LogP contribution in [-0.2, 0) is 10.8 Å². The first-order valence-electron chi connectivity index (χ1n) is 12.1. The number of rotatable bonds is 0. The number of hydrogen-bond acceptors (Lipinski definition) is 4. The van der Waals surface area contributed by atoms with Gasteiger partial charge in [0.1, 0.15) is 11.5 Å². The Labute approximate surface area is 222 Å². The van der Waals surface area contributed by atoms with Crippen molar-refractivity contribution < 1.29 is 4.42 Å². The lowest BCUT2D eigenvalue weighted by molar-refractivity contribution is 0.504. The predicted molar refractivity (Wildman–Crippen MR) is 157 cm³/mol. The molecule has 35 heavy (non-hydrogen) atoms. The molecule has 0 N–H and O–H groups in total. The van der Waals surface area contributed by atoms with E-state index in [2.05, 4.69) is 104 Å². The lowest BCUT2D eigenvalue weighted by atomic mass is 9.82. The number of thiophene rings is 1. The average molecular weight is 512 g/mol. The third kappa shape index (κ3) is 12.9. The molecule has 4 rings (SSSR count). The molecule has 3 heterocycles. The van der Waals surface area contributed by atoms with E-state index in [1.807, 2.05) is 50.4 Å². The van der Waals surface area contributed by atoms with Crippen molar-refractivity contribution in [2.45, 2.75) is 93.9 Å². The van der Waals surface area contributed by atoms with E-state index in [1.54, 1.807) is 11.3 Å². The summed E-state index contributed by atoms with van der Waals surface area (Å²) in [7, 11) is 0. The topological polar surface area (TPSA) is 26.0 Å². The molecule has 0 amide bonds. The third-order valence-electron chi connectivity index (χ3n) is 5.10. The normalized spacial score (nSPS) is 10.9. The first-order chi connectivity index (χ1) is 16.1. The average Bonchev–Trinajstić information content (AvgIpc) is 3.43. The minimum Gasteiger partial charge on any atom is -0.467 e. The molecule has 0 unspecified atom stereocenters. The summed E-state index contributed by atoms with van der Waals surface area (Å²) in [5.74, 6) is 1.97. The number of aryl methyl sites for hydroxylation is 6. The summed E-state index contributed by atoms with van der Waals surface area (Å²) in [5.41, 5.74) is 3.34. The van der Waals surface area contributed by atoms with Crippen molar-refractivity contribution in [3.8, 4) is 0 Å². The lowest BCUT2D eigenvalue weighted by Crippen LogP contribution is -2.14. The van der Waals surface area contributed by atoms with E-state index in [0.717, 1.165) is 16.5 Å². The molecule has 0 fully saturated rings. The Morgan fingerprint density at radius 3 is 1.09 bits per heavy atom. The standard InChI is InChI=1S/C14H22.C6H8O.C6H8S.C5H7NS/c1-13(2,3)11-7-9-12(10-8-11)14(4,5)6;2*1-5-3-4-6(2)7-5;1-4-3-6-5(2)7-4/h7-10H,1-6H3;2*3-4H,1-2H3;3H,1-2H3. The molecule has 0 saturated heterocycles. The van der Waals surface area contributed by atoms with Gasteiger partial charge in [-0.15, -0.1) is 22.7 Å². The van der Waals surface area contributed by atoms with Crippen LogP contribution >= 0.6 is 22.7 Å². The van der Waals surface area contributed by atoms with Crippen molar-refractivity contribution in [3.05, 3.63) is 97.0 Å². The maximum absolute atomic E-state index is 5.08. The van der Waals surface area contributed by atoms with E-state index >= 15 is 0 Å². The highest BCUT2D eigenvalue weighted by Gasteiger charge is 2.16. The van der Waals surface area contributed by atoms with Gasteiger partial charge in [0.05, 0.1) is 5.01 Å². The molecule has 4 aromatic rings. The van der Waals surface area contributed by atoms with Gasteiger partial charge in [0.15, 0.2) is 0 Å². The number of thiazole rings is 1. The monoisotopic (exact) mass is 511 g/mol. The fourth-order valence-corrected chi connectivity index (χ4v) is 4.51. The molecule has 0 aliphatic rings. The number of hydrogen-bond donors (Lipinski definition) is 0. The van der Waals surface area contributed by atoms with Gasteiger partial charge in [-0.05, 0) is 87.8 Å². The summed E-state index contributed by atoms with van der Waals surface area (Å²) in [6, 6.07) is 17.2. The van der Waals surface area contributed by atoms with E-state index < -0.39 is 0 Å². The molecule has 2 nitrogen and oxygen atoms in total. The summed E-state index contributed by atoms with van der Waals surface area (Å²) in [4.78, 5) is 8.12. The fourth-order valence-electron chi connectivity index (χ4n) is 3.05. The molecule has 0 aliphatic carbocycles. The highest BCUT2D eigenvalue weighted by atomic mass is 32.1. The van der Waals surface area contributed by atoms with Crippen molar-refractivity contribution >= 4 is 22.7 Å². The summed E-state index contributed by atoms with van der Waals surface area (Å²) in [6.07, 6.45) is 1.89. The number of aromatic nitrogens is 1. The van der Waals surface area contributed by atoms with Crippen molar-refractivity contribution in [1.82, 2.24) is 4.98 Å². The Bertz CT molecular complexity index is 942. The van der Waals surface area contributed by atoms with E-state index in [4.69, 9.17) is 4.42 Å². The zero-order valence-corrected chi connectivity index (χ0v) is 25.5. The SMILES string of the molecule is CC(C)(C)c1ccc(C(C)(C)C)cc1.Cc1ccc(C)o1.Cc1ccc(C)s1.Cc1cnc(C)s1. The Morgan fingerprint density at radius 1 is 0.543 bits per heavy atom. The molecule has 0 atom stereocenters. The summed E-state index contributed by atoms with van der Waals surface area (Å²) >= 11 is 3.57. The molecule has 0 saturated carbocycles. The smallest absolute Gasteiger partial charge is 0.101 e. The van der Waals surface area contributed by atoms with Gasteiger partial charge in [0.2, 0.25) is 0 Å². The lowest BCUT2D eigenvalue weighted by Gasteiger charge is -2.23. The summed E-state index contributed by atoms with van der Waals surface area (Å²) in [6.45, 7) is 25.7. The Hall–Kier alpha value is -2.17. The van der Waals surface area contributed by atoms with Crippen LogP contribution in [0.1, 0.15) is 83.8 Å². The zero-order chi connectivity index (χ0) is 26.8. The van der Waals surface area contributed by atoms with Crippen LogP contribution in [0.2, 0.25) is 0 Å². The maximum atomic E-state index is 5.08. The number of furan rings is 1. The van der Waals surface area contributed by atoms with Gasteiger partial charge in [-0.1, -0.05) is 65.8 Å². The molecular formula is C31H45NOS2. The molecular weight excluding hydrogens is 466 g/mol. The van der Waals surface area contributed by atoms with Crippen LogP contribution in [0, 0.1) is 41.5 Å². The quantitative estimate of drug-likeness (QED) is 0.235. The van der Waals surface area contributed by atoms with Crippen LogP contribution in [0.3, 0.4) is 0 Å². The minimum absolute atomic E-state index is 0.260. The number of benzene rings is 1. The first-order valence-corrected chi connectivity index (χ1v) is 13.8. The van der Waals surface area contributed by atoms with E-state index in [0.29, 0.717) is 0 Å². The van der Waals surface area contributed by atoms with E-state index in [9.17, 15) is 0 Å². The highest BCUT2D eigenvalue weighted by molar-refractivity contribution is 7.11. The molecule has 192 valence electrons. The third-order valence-corrected chi connectivity index (χ3v) is 6.85. The van der Waals surface area contributed by atoms with Gasteiger partial charge in [0.25, 0.3) is 0 Å². The molecule has 0 radical (unpaired) electrons. The second kappa shape index (κ2) is 13.8. The Morgan fingerprint density at radius 2 is 0.943 bits per heavy atom. The molecule has 1 aromatic carbocycles.